The molecule has 0 aliphatic rings. The Labute approximate surface area is 91.5 Å². The number of carbonyl (C=O) groups excluding carboxylic acids is 1. The molecule has 0 fully saturated rings. The van der Waals surface area contributed by atoms with Crippen molar-refractivity contribution in [3.63, 3.8) is 0 Å². The first-order valence-electron chi connectivity index (χ1n) is 4.62. The number of aryl methyl sites for hydroxylation is 1. The summed E-state index contributed by atoms with van der Waals surface area (Å²) in [5, 5.41) is 2.72. The van der Waals surface area contributed by atoms with Gasteiger partial charge in [0, 0.05) is 26.0 Å². The molecule has 84 valence electrons. The van der Waals surface area contributed by atoms with Crippen LogP contribution in [-0.2, 0) is 4.74 Å². The normalized spacial score (nSPS) is 10.3. The molecule has 15 heavy (non-hydrogen) atoms. The van der Waals surface area contributed by atoms with Gasteiger partial charge in [0.2, 0.25) is 0 Å². The van der Waals surface area contributed by atoms with Crippen LogP contribution in [0.2, 0.25) is 0 Å². The molecule has 0 aliphatic carbocycles. The number of aromatic nitrogens is 1. The molecule has 1 heterocycles. The molecule has 0 aromatic carbocycles. The lowest BCUT2D eigenvalue weighted by molar-refractivity contribution is 0.0952. The zero-order valence-corrected chi connectivity index (χ0v) is 9.57. The van der Waals surface area contributed by atoms with Crippen LogP contribution in [-0.4, -0.2) is 31.2 Å². The summed E-state index contributed by atoms with van der Waals surface area (Å²) in [4.78, 5) is 25.3. The molecule has 2 N–H and O–H groups in total. The van der Waals surface area contributed by atoms with Crippen molar-refractivity contribution in [3.05, 3.63) is 20.2 Å². The van der Waals surface area contributed by atoms with Gasteiger partial charge in [-0.25, -0.2) is 0 Å². The maximum absolute atomic E-state index is 11.5. The zero-order chi connectivity index (χ0) is 11.3. The Kier molecular flexibility index (Phi) is 4.51. The van der Waals surface area contributed by atoms with Crippen LogP contribution >= 0.6 is 11.3 Å². The van der Waals surface area contributed by atoms with Gasteiger partial charge in [-0.15, -0.1) is 0 Å². The number of methoxy groups -OCH3 is 1. The van der Waals surface area contributed by atoms with Crippen LogP contribution in [0.3, 0.4) is 0 Å². The number of aromatic amines is 1. The number of rotatable bonds is 5. The third-order valence-corrected chi connectivity index (χ3v) is 2.83. The topological polar surface area (TPSA) is 71.2 Å². The molecule has 0 saturated heterocycles. The predicted molar refractivity (Wildman–Crippen MR) is 58.5 cm³/mol. The highest BCUT2D eigenvalue weighted by atomic mass is 32.1. The van der Waals surface area contributed by atoms with Crippen molar-refractivity contribution in [1.29, 1.82) is 0 Å². The number of ether oxygens (including phenoxy) is 1. The number of thiazole rings is 1. The Balaban J connectivity index is 2.47. The van der Waals surface area contributed by atoms with Crippen LogP contribution in [0.15, 0.2) is 4.79 Å². The minimum atomic E-state index is -0.202. The molecule has 0 bridgehead atoms. The van der Waals surface area contributed by atoms with Gasteiger partial charge in [-0.1, -0.05) is 11.3 Å². The molecule has 1 rings (SSSR count). The predicted octanol–water partition coefficient (Wildman–Crippen LogP) is 0.511. The average molecular weight is 230 g/mol. The third kappa shape index (κ3) is 3.49. The molecular formula is C9H14N2O3S. The second-order valence-corrected chi connectivity index (χ2v) is 4.05. The summed E-state index contributed by atoms with van der Waals surface area (Å²) in [6.45, 7) is 2.88. The number of H-pyrrole nitrogens is 1. The van der Waals surface area contributed by atoms with Crippen LogP contribution in [0.5, 0.6) is 0 Å². The molecular weight excluding hydrogens is 216 g/mol. The fourth-order valence-corrected chi connectivity index (χ4v) is 1.88. The Bertz CT molecular complexity index is 383. The second-order valence-electron chi connectivity index (χ2n) is 3.07. The van der Waals surface area contributed by atoms with Crippen LogP contribution in [0.1, 0.15) is 21.8 Å². The molecule has 0 spiro atoms. The fraction of sp³-hybridized carbons (Fsp3) is 0.556. The standard InChI is InChI=1S/C9H14N2O3S/c1-6-7(15-9(13)11-6)8(12)10-4-3-5-14-2/h3-5H2,1-2H3,(H,10,12)(H,11,13). The summed E-state index contributed by atoms with van der Waals surface area (Å²) in [7, 11) is 1.61. The molecule has 0 unspecified atom stereocenters. The monoisotopic (exact) mass is 230 g/mol. The lowest BCUT2D eigenvalue weighted by Crippen LogP contribution is -2.25. The van der Waals surface area contributed by atoms with E-state index in [-0.39, 0.29) is 10.8 Å². The van der Waals surface area contributed by atoms with Crippen molar-refractivity contribution in [1.82, 2.24) is 10.3 Å². The first-order valence-corrected chi connectivity index (χ1v) is 5.43. The highest BCUT2D eigenvalue weighted by Crippen LogP contribution is 2.06. The average Bonchev–Trinajstić information content (AvgIpc) is 2.52. The zero-order valence-electron chi connectivity index (χ0n) is 8.75. The molecule has 1 aromatic heterocycles. The van der Waals surface area contributed by atoms with Gasteiger partial charge in [0.25, 0.3) is 5.91 Å². The number of amides is 1. The second kappa shape index (κ2) is 5.67. The number of carbonyl (C=O) groups is 1. The molecule has 1 aromatic rings. The van der Waals surface area contributed by atoms with E-state index in [1.54, 1.807) is 14.0 Å². The highest BCUT2D eigenvalue weighted by Gasteiger charge is 2.11. The summed E-state index contributed by atoms with van der Waals surface area (Å²) in [5.41, 5.74) is 0.620. The van der Waals surface area contributed by atoms with E-state index in [2.05, 4.69) is 10.3 Å². The summed E-state index contributed by atoms with van der Waals surface area (Å²) in [6.07, 6.45) is 0.764. The summed E-state index contributed by atoms with van der Waals surface area (Å²) in [5.74, 6) is -0.202. The Hall–Kier alpha value is -1.14. The van der Waals surface area contributed by atoms with Crippen LogP contribution in [0.4, 0.5) is 0 Å². The van der Waals surface area contributed by atoms with E-state index in [0.29, 0.717) is 23.7 Å². The maximum Gasteiger partial charge on any atom is 0.305 e. The smallest absolute Gasteiger partial charge is 0.305 e. The molecule has 0 atom stereocenters. The van der Waals surface area contributed by atoms with E-state index in [4.69, 9.17) is 4.74 Å². The minimum absolute atomic E-state index is 0.199. The molecule has 6 heteroatoms. The Morgan fingerprint density at radius 2 is 2.33 bits per heavy atom. The van der Waals surface area contributed by atoms with Crippen molar-refractivity contribution in [3.8, 4) is 0 Å². The maximum atomic E-state index is 11.5. The van der Waals surface area contributed by atoms with E-state index >= 15 is 0 Å². The van der Waals surface area contributed by atoms with Gasteiger partial charge in [-0.3, -0.25) is 9.59 Å². The molecule has 1 amide bonds. The molecule has 0 radical (unpaired) electrons. The van der Waals surface area contributed by atoms with Gasteiger partial charge in [0.05, 0.1) is 0 Å². The summed E-state index contributed by atoms with van der Waals surface area (Å²) < 4.78 is 4.85. The quantitative estimate of drug-likeness (QED) is 0.724. The largest absolute Gasteiger partial charge is 0.385 e. The molecule has 5 nitrogen and oxygen atoms in total. The highest BCUT2D eigenvalue weighted by molar-refractivity contribution is 7.11. The van der Waals surface area contributed by atoms with Gasteiger partial charge in [0.1, 0.15) is 4.88 Å². The van der Waals surface area contributed by atoms with Crippen molar-refractivity contribution in [2.75, 3.05) is 20.3 Å². The fourth-order valence-electron chi connectivity index (χ4n) is 1.12. The first-order chi connectivity index (χ1) is 7.15. The van der Waals surface area contributed by atoms with Crippen molar-refractivity contribution in [2.45, 2.75) is 13.3 Å². The van der Waals surface area contributed by atoms with Crippen LogP contribution in [0, 0.1) is 6.92 Å². The third-order valence-electron chi connectivity index (χ3n) is 1.84. The molecule has 0 saturated carbocycles. The Morgan fingerprint density at radius 1 is 1.60 bits per heavy atom. The first kappa shape index (κ1) is 11.9. The van der Waals surface area contributed by atoms with Crippen molar-refractivity contribution < 1.29 is 9.53 Å². The summed E-state index contributed by atoms with van der Waals surface area (Å²) in [6, 6.07) is 0. The van der Waals surface area contributed by atoms with Gasteiger partial charge in [-0.2, -0.15) is 0 Å². The summed E-state index contributed by atoms with van der Waals surface area (Å²) >= 11 is 0.932. The van der Waals surface area contributed by atoms with Crippen molar-refractivity contribution >= 4 is 17.2 Å². The number of hydrogen-bond donors (Lipinski definition) is 2. The van der Waals surface area contributed by atoms with E-state index < -0.39 is 0 Å². The number of nitrogens with one attached hydrogen (secondary N) is 2. The van der Waals surface area contributed by atoms with Gasteiger partial charge in [-0.05, 0) is 13.3 Å². The number of hydrogen-bond acceptors (Lipinski definition) is 4. The van der Waals surface area contributed by atoms with E-state index in [9.17, 15) is 9.59 Å². The van der Waals surface area contributed by atoms with E-state index in [1.807, 2.05) is 0 Å². The minimum Gasteiger partial charge on any atom is -0.385 e. The van der Waals surface area contributed by atoms with Gasteiger partial charge in [0.15, 0.2) is 0 Å². The van der Waals surface area contributed by atoms with Gasteiger partial charge >= 0.3 is 4.87 Å². The van der Waals surface area contributed by atoms with E-state index in [1.165, 1.54) is 0 Å². The molecule has 0 aliphatic heterocycles. The van der Waals surface area contributed by atoms with Gasteiger partial charge < -0.3 is 15.0 Å². The van der Waals surface area contributed by atoms with Crippen molar-refractivity contribution in [2.24, 2.45) is 0 Å². The lowest BCUT2D eigenvalue weighted by Gasteiger charge is -2.02. The van der Waals surface area contributed by atoms with Crippen LogP contribution in [0.25, 0.3) is 0 Å². The van der Waals surface area contributed by atoms with Crippen LogP contribution < -0.4 is 10.2 Å². The Morgan fingerprint density at radius 3 is 2.87 bits per heavy atom. The lowest BCUT2D eigenvalue weighted by atomic mass is 10.3. The SMILES string of the molecule is COCCCNC(=O)c1sc(=O)[nH]c1C. The van der Waals surface area contributed by atoms with E-state index in [0.717, 1.165) is 17.8 Å².